The van der Waals surface area contributed by atoms with Gasteiger partial charge < -0.3 is 5.32 Å². The summed E-state index contributed by atoms with van der Waals surface area (Å²) in [7, 11) is 1.96. The van der Waals surface area contributed by atoms with Gasteiger partial charge in [-0.2, -0.15) is 10.2 Å². The number of rotatable bonds is 5. The van der Waals surface area contributed by atoms with Crippen LogP contribution in [0.2, 0.25) is 0 Å². The minimum absolute atomic E-state index is 0.784. The molecular formula is C13H19N5. The number of nitrogens with zero attached hydrogens (tertiary/aromatic N) is 4. The highest BCUT2D eigenvalue weighted by atomic mass is 15.3. The van der Waals surface area contributed by atoms with E-state index < -0.39 is 0 Å². The lowest BCUT2D eigenvalue weighted by Gasteiger charge is -2.06. The fraction of sp³-hybridized carbons (Fsp3) is 0.462. The van der Waals surface area contributed by atoms with Gasteiger partial charge in [-0.25, -0.2) is 4.68 Å². The summed E-state index contributed by atoms with van der Waals surface area (Å²) in [6.45, 7) is 5.11. The molecule has 0 atom stereocenters. The van der Waals surface area contributed by atoms with E-state index in [1.807, 2.05) is 23.9 Å². The molecule has 2 rings (SSSR count). The zero-order chi connectivity index (χ0) is 13.0. The minimum Gasteiger partial charge on any atom is -0.316 e. The lowest BCUT2D eigenvalue weighted by molar-refractivity contribution is 0.749. The van der Waals surface area contributed by atoms with Crippen LogP contribution >= 0.6 is 0 Å². The Balaban J connectivity index is 2.54. The van der Waals surface area contributed by atoms with Gasteiger partial charge in [0.1, 0.15) is 0 Å². The Hall–Kier alpha value is -1.75. The Morgan fingerprint density at radius 3 is 2.67 bits per heavy atom. The Bertz CT molecular complexity index is 504. The van der Waals surface area contributed by atoms with Gasteiger partial charge in [-0.3, -0.25) is 0 Å². The van der Waals surface area contributed by atoms with Crippen molar-refractivity contribution in [3.8, 4) is 5.82 Å². The van der Waals surface area contributed by atoms with Crippen LogP contribution in [-0.4, -0.2) is 27.0 Å². The quantitative estimate of drug-likeness (QED) is 0.867. The van der Waals surface area contributed by atoms with Gasteiger partial charge in [0, 0.05) is 18.3 Å². The van der Waals surface area contributed by atoms with Crippen molar-refractivity contribution in [2.75, 3.05) is 7.05 Å². The summed E-state index contributed by atoms with van der Waals surface area (Å²) in [5.74, 6) is 0.784. The number of aromatic nitrogens is 4. The number of hydrogen-bond acceptors (Lipinski definition) is 4. The molecule has 0 aliphatic rings. The molecule has 0 aromatic carbocycles. The van der Waals surface area contributed by atoms with Crippen LogP contribution in [0.3, 0.4) is 0 Å². The molecule has 0 bridgehead atoms. The summed E-state index contributed by atoms with van der Waals surface area (Å²) in [6.07, 6.45) is 3.53. The molecule has 0 saturated carbocycles. The van der Waals surface area contributed by atoms with Crippen molar-refractivity contribution in [1.29, 1.82) is 0 Å². The van der Waals surface area contributed by atoms with E-state index in [0.29, 0.717) is 0 Å². The molecule has 5 heteroatoms. The lowest BCUT2D eigenvalue weighted by Crippen LogP contribution is -2.10. The van der Waals surface area contributed by atoms with Crippen molar-refractivity contribution < 1.29 is 0 Å². The fourth-order valence-corrected chi connectivity index (χ4v) is 2.16. The average molecular weight is 245 g/mol. The van der Waals surface area contributed by atoms with Gasteiger partial charge in [-0.05, 0) is 32.0 Å². The summed E-state index contributed by atoms with van der Waals surface area (Å²) >= 11 is 0. The molecule has 0 radical (unpaired) electrons. The van der Waals surface area contributed by atoms with E-state index in [1.54, 1.807) is 6.20 Å². The molecule has 0 aliphatic carbocycles. The third kappa shape index (κ3) is 2.26. The average Bonchev–Trinajstić information content (AvgIpc) is 2.78. The van der Waals surface area contributed by atoms with E-state index >= 15 is 0 Å². The van der Waals surface area contributed by atoms with Crippen LogP contribution in [0.25, 0.3) is 5.82 Å². The molecule has 0 aliphatic heterocycles. The summed E-state index contributed by atoms with van der Waals surface area (Å²) in [5.41, 5.74) is 3.63. The maximum absolute atomic E-state index is 4.66. The van der Waals surface area contributed by atoms with Crippen LogP contribution in [0.4, 0.5) is 0 Å². The van der Waals surface area contributed by atoms with Crippen molar-refractivity contribution in [1.82, 2.24) is 25.3 Å². The smallest absolute Gasteiger partial charge is 0.175 e. The van der Waals surface area contributed by atoms with E-state index in [4.69, 9.17) is 0 Å². The molecule has 0 saturated heterocycles. The van der Waals surface area contributed by atoms with Gasteiger partial charge >= 0.3 is 0 Å². The normalized spacial score (nSPS) is 10.8. The highest BCUT2D eigenvalue weighted by Gasteiger charge is 2.16. The van der Waals surface area contributed by atoms with Crippen LogP contribution in [-0.2, 0) is 19.4 Å². The van der Waals surface area contributed by atoms with E-state index in [0.717, 1.165) is 30.9 Å². The molecular weight excluding hydrogens is 226 g/mol. The maximum Gasteiger partial charge on any atom is 0.175 e. The van der Waals surface area contributed by atoms with Gasteiger partial charge in [0.05, 0.1) is 11.4 Å². The molecule has 2 heterocycles. The summed E-state index contributed by atoms with van der Waals surface area (Å²) in [5, 5.41) is 15.9. The van der Waals surface area contributed by atoms with Crippen LogP contribution in [0.1, 0.15) is 30.8 Å². The first-order valence-corrected chi connectivity index (χ1v) is 6.34. The second-order valence-corrected chi connectivity index (χ2v) is 4.10. The first-order valence-electron chi connectivity index (χ1n) is 6.34. The highest BCUT2D eigenvalue weighted by Crippen LogP contribution is 2.18. The molecule has 5 nitrogen and oxygen atoms in total. The standard InChI is InChI=1S/C13H19N5/c1-4-11-10(9-14-3)12(5-2)18(17-11)13-7-6-8-15-16-13/h6-8,14H,4-5,9H2,1-3H3. The summed E-state index contributed by atoms with van der Waals surface area (Å²) in [6, 6.07) is 3.81. The minimum atomic E-state index is 0.784. The van der Waals surface area contributed by atoms with Crippen LogP contribution in [0, 0.1) is 0 Å². The lowest BCUT2D eigenvalue weighted by atomic mass is 10.1. The second-order valence-electron chi connectivity index (χ2n) is 4.10. The topological polar surface area (TPSA) is 55.6 Å². The molecule has 96 valence electrons. The monoisotopic (exact) mass is 245 g/mol. The first-order chi connectivity index (χ1) is 8.81. The number of hydrogen-bond donors (Lipinski definition) is 1. The molecule has 0 amide bonds. The van der Waals surface area contributed by atoms with Gasteiger partial charge in [0.2, 0.25) is 0 Å². The Morgan fingerprint density at radius 1 is 1.28 bits per heavy atom. The number of aryl methyl sites for hydroxylation is 1. The fourth-order valence-electron chi connectivity index (χ4n) is 2.16. The van der Waals surface area contributed by atoms with Crippen LogP contribution in [0.5, 0.6) is 0 Å². The zero-order valence-corrected chi connectivity index (χ0v) is 11.1. The molecule has 2 aromatic heterocycles. The van der Waals surface area contributed by atoms with Gasteiger partial charge in [-0.1, -0.05) is 13.8 Å². The van der Waals surface area contributed by atoms with Crippen molar-refractivity contribution in [2.24, 2.45) is 0 Å². The maximum atomic E-state index is 4.66. The molecule has 18 heavy (non-hydrogen) atoms. The van der Waals surface area contributed by atoms with Crippen LogP contribution in [0.15, 0.2) is 18.3 Å². The van der Waals surface area contributed by atoms with Crippen LogP contribution < -0.4 is 5.32 Å². The van der Waals surface area contributed by atoms with E-state index in [2.05, 4.69) is 34.5 Å². The van der Waals surface area contributed by atoms with E-state index in [9.17, 15) is 0 Å². The van der Waals surface area contributed by atoms with Crippen molar-refractivity contribution in [3.05, 3.63) is 35.3 Å². The summed E-state index contributed by atoms with van der Waals surface area (Å²) < 4.78 is 1.92. The molecule has 0 unspecified atom stereocenters. The molecule has 2 aromatic rings. The predicted octanol–water partition coefficient (Wildman–Crippen LogP) is 1.51. The zero-order valence-electron chi connectivity index (χ0n) is 11.1. The summed E-state index contributed by atoms with van der Waals surface area (Å²) in [4.78, 5) is 0. The third-order valence-electron chi connectivity index (χ3n) is 2.97. The van der Waals surface area contributed by atoms with Gasteiger partial charge in [-0.15, -0.1) is 5.10 Å². The molecule has 0 spiro atoms. The largest absolute Gasteiger partial charge is 0.316 e. The Morgan fingerprint density at radius 2 is 2.11 bits per heavy atom. The predicted molar refractivity (Wildman–Crippen MR) is 70.7 cm³/mol. The van der Waals surface area contributed by atoms with Gasteiger partial charge in [0.25, 0.3) is 0 Å². The molecule has 1 N–H and O–H groups in total. The highest BCUT2D eigenvalue weighted by molar-refractivity contribution is 5.33. The first kappa shape index (κ1) is 12.7. The third-order valence-corrected chi connectivity index (χ3v) is 2.97. The van der Waals surface area contributed by atoms with E-state index in [1.165, 1.54) is 11.3 Å². The van der Waals surface area contributed by atoms with Crippen molar-refractivity contribution in [3.63, 3.8) is 0 Å². The number of nitrogens with one attached hydrogen (secondary N) is 1. The van der Waals surface area contributed by atoms with Crippen molar-refractivity contribution >= 4 is 0 Å². The van der Waals surface area contributed by atoms with Gasteiger partial charge in [0.15, 0.2) is 5.82 Å². The Labute approximate surface area is 107 Å². The van der Waals surface area contributed by atoms with E-state index in [-0.39, 0.29) is 0 Å². The Kier molecular flexibility index (Phi) is 4.04. The second kappa shape index (κ2) is 5.73. The SMILES string of the molecule is CCc1nn(-c2cccnn2)c(CC)c1CNC. The van der Waals surface area contributed by atoms with Crippen molar-refractivity contribution in [2.45, 2.75) is 33.2 Å². The molecule has 0 fully saturated rings.